The monoisotopic (exact) mass is 1650 g/mol. The van der Waals surface area contributed by atoms with Gasteiger partial charge in [0.15, 0.2) is 0 Å². The zero-order valence-electron chi connectivity index (χ0n) is 71.0. The van der Waals surface area contributed by atoms with Crippen LogP contribution in [0.4, 0.5) is 34.1 Å². The zero-order valence-corrected chi connectivity index (χ0v) is 71.0. The van der Waals surface area contributed by atoms with Crippen molar-refractivity contribution in [2.45, 2.75) is 10.8 Å². The molecule has 4 nitrogen and oxygen atoms in total. The van der Waals surface area contributed by atoms with E-state index in [0.29, 0.717) is 0 Å². The first kappa shape index (κ1) is 73.4. The van der Waals surface area contributed by atoms with E-state index in [9.17, 15) is 0 Å². The maximum absolute atomic E-state index is 2.50. The second-order valence-electron chi connectivity index (χ2n) is 35.3. The molecule has 0 bridgehead atoms. The minimum atomic E-state index is -0.508. The quantitative estimate of drug-likeness (QED) is 0.114. The summed E-state index contributed by atoms with van der Waals surface area (Å²) in [5.41, 5.74) is 45.0. The van der Waals surface area contributed by atoms with Gasteiger partial charge in [0.1, 0.15) is 0 Å². The van der Waals surface area contributed by atoms with Gasteiger partial charge in [-0.25, -0.2) is 0 Å². The fourth-order valence-corrected chi connectivity index (χ4v) is 23.1. The summed E-state index contributed by atoms with van der Waals surface area (Å²) in [5.74, 6) is 0. The molecule has 130 heavy (non-hydrogen) atoms. The van der Waals surface area contributed by atoms with Crippen molar-refractivity contribution in [1.29, 1.82) is 0 Å². The van der Waals surface area contributed by atoms with Crippen molar-refractivity contribution in [2.75, 3.05) is 9.80 Å². The molecule has 4 aliphatic rings. The lowest BCUT2D eigenvalue weighted by Gasteiger charge is -2.32. The van der Waals surface area contributed by atoms with Crippen LogP contribution in [0.2, 0.25) is 0 Å². The third kappa shape index (κ3) is 10.9. The average molecular weight is 1650 g/mol. The highest BCUT2D eigenvalue weighted by atomic mass is 15.2. The van der Waals surface area contributed by atoms with Crippen molar-refractivity contribution in [3.8, 4) is 112 Å². The molecular weight excluding hydrogens is 1570 g/mol. The van der Waals surface area contributed by atoms with E-state index in [0.717, 1.165) is 90.0 Å². The molecule has 0 atom stereocenters. The van der Waals surface area contributed by atoms with Crippen molar-refractivity contribution in [3.05, 3.63) is 530 Å². The van der Waals surface area contributed by atoms with Crippen molar-refractivity contribution in [1.82, 2.24) is 9.13 Å². The lowest BCUT2D eigenvalue weighted by molar-refractivity contribution is 0.793. The molecule has 0 fully saturated rings. The highest BCUT2D eigenvalue weighted by molar-refractivity contribution is 6.13. The van der Waals surface area contributed by atoms with Crippen LogP contribution in [0.15, 0.2) is 485 Å². The smallest absolute Gasteiger partial charge is 0.0726 e. The molecule has 2 aromatic heterocycles. The number of hydrogen-bond donors (Lipinski definition) is 0. The Morgan fingerprint density at radius 3 is 0.892 bits per heavy atom. The van der Waals surface area contributed by atoms with Gasteiger partial charge in [-0.05, 0) is 277 Å². The van der Waals surface area contributed by atoms with Crippen molar-refractivity contribution in [2.24, 2.45) is 0 Å². The van der Waals surface area contributed by atoms with Gasteiger partial charge in [0, 0.05) is 66.7 Å². The summed E-state index contributed by atoms with van der Waals surface area (Å²) in [6.07, 6.45) is 0. The first-order chi connectivity index (χ1) is 64.5. The molecule has 0 N–H and O–H groups in total. The molecule has 0 unspecified atom stereocenters. The predicted octanol–water partition coefficient (Wildman–Crippen LogP) is 33.0. The molecule has 0 aliphatic heterocycles. The van der Waals surface area contributed by atoms with Crippen molar-refractivity contribution < 1.29 is 0 Å². The van der Waals surface area contributed by atoms with Gasteiger partial charge < -0.3 is 18.9 Å². The minimum Gasteiger partial charge on any atom is -0.310 e. The summed E-state index contributed by atoms with van der Waals surface area (Å²) in [4.78, 5) is 4.96. The summed E-state index contributed by atoms with van der Waals surface area (Å²) in [7, 11) is 0. The summed E-state index contributed by atoms with van der Waals surface area (Å²) in [5, 5.41) is 7.30. The Labute approximate surface area is 754 Å². The molecule has 21 aromatic carbocycles. The molecule has 27 rings (SSSR count). The first-order valence-corrected chi connectivity index (χ1v) is 45.2. The van der Waals surface area contributed by atoms with Gasteiger partial charge in [-0.3, -0.25) is 0 Å². The van der Waals surface area contributed by atoms with Gasteiger partial charge in [-0.2, -0.15) is 0 Å². The largest absolute Gasteiger partial charge is 0.310 e. The Balaban J connectivity index is 0.509. The van der Waals surface area contributed by atoms with Crippen LogP contribution in [-0.4, -0.2) is 9.13 Å². The average Bonchev–Trinajstić information content (AvgIpc) is 1.51. The van der Waals surface area contributed by atoms with E-state index in [1.807, 2.05) is 0 Å². The highest BCUT2D eigenvalue weighted by Crippen LogP contribution is 2.66. The summed E-state index contributed by atoms with van der Waals surface area (Å²) in [6, 6.07) is 182. The summed E-state index contributed by atoms with van der Waals surface area (Å²) >= 11 is 0. The van der Waals surface area contributed by atoms with Crippen LogP contribution in [0.5, 0.6) is 0 Å². The Kier molecular flexibility index (Phi) is 16.3. The number of para-hydroxylation sites is 3. The van der Waals surface area contributed by atoms with Gasteiger partial charge >= 0.3 is 0 Å². The number of anilines is 6. The first-order valence-electron chi connectivity index (χ1n) is 45.2. The Hall–Kier alpha value is -16.9. The molecule has 4 heteroatoms. The van der Waals surface area contributed by atoms with Crippen molar-refractivity contribution >= 4 is 88.5 Å². The zero-order chi connectivity index (χ0) is 85.3. The van der Waals surface area contributed by atoms with E-state index in [4.69, 9.17) is 0 Å². The molecule has 2 spiro atoms. The molecule has 604 valence electrons. The molecule has 0 saturated carbocycles. The van der Waals surface area contributed by atoms with Gasteiger partial charge in [0.25, 0.3) is 0 Å². The fourth-order valence-electron chi connectivity index (χ4n) is 23.1. The van der Waals surface area contributed by atoms with Crippen molar-refractivity contribution in [3.63, 3.8) is 0 Å². The molecule has 0 radical (unpaired) electrons. The molecule has 0 saturated heterocycles. The van der Waals surface area contributed by atoms with Gasteiger partial charge in [-0.1, -0.05) is 358 Å². The van der Waals surface area contributed by atoms with Gasteiger partial charge in [0.2, 0.25) is 0 Å². The molecule has 0 amide bonds. The SMILES string of the molecule is c1ccc(-n2c3ccccc3c3cc(-c4ccc(-c5cccc(N(c6ccc(-c7ccc(-n8c9ccccc9c9cc(-c%10ccc(-c%11cccc(N(c%12ccc%13c(c%12)C%12(c%14ccccc%14-c%14ccccc%14%12)c%12ccccc%12-%13)c%12cccc%13ccccc%12%13)c%11)cc%10)ccc98)cc7)cc6)c6ccc7c(c6)C6(c8ccccc8-c8ccccc86)c6ccccc6-7)c5)cc4)ccc32)cc1. The van der Waals surface area contributed by atoms with E-state index in [-0.39, 0.29) is 0 Å². The Morgan fingerprint density at radius 2 is 0.446 bits per heavy atom. The molecule has 4 aliphatic carbocycles. The molecule has 2 heterocycles. The van der Waals surface area contributed by atoms with E-state index < -0.39 is 10.8 Å². The second kappa shape index (κ2) is 28.8. The summed E-state index contributed by atoms with van der Waals surface area (Å²) in [6.45, 7) is 0. The maximum atomic E-state index is 2.50. The number of hydrogen-bond acceptors (Lipinski definition) is 2. The highest BCUT2D eigenvalue weighted by Gasteiger charge is 2.54. The number of fused-ring (bicyclic) bond motifs is 27. The van der Waals surface area contributed by atoms with E-state index in [2.05, 4.69) is 504 Å². The van der Waals surface area contributed by atoms with Crippen LogP contribution in [0.25, 0.3) is 166 Å². The van der Waals surface area contributed by atoms with Crippen LogP contribution in [0.1, 0.15) is 44.5 Å². The summed E-state index contributed by atoms with van der Waals surface area (Å²) < 4.78 is 4.81. The molecular formula is C126H80N4. The second-order valence-corrected chi connectivity index (χ2v) is 35.3. The number of nitrogens with zero attached hydrogens (tertiary/aromatic N) is 4. The lowest BCUT2D eigenvalue weighted by atomic mass is 9.70. The van der Waals surface area contributed by atoms with Crippen LogP contribution >= 0.6 is 0 Å². The molecule has 23 aromatic rings. The third-order valence-electron chi connectivity index (χ3n) is 28.7. The van der Waals surface area contributed by atoms with Crippen LogP contribution in [-0.2, 0) is 10.8 Å². The Bertz CT molecular complexity index is 8470. The maximum Gasteiger partial charge on any atom is 0.0726 e. The van der Waals surface area contributed by atoms with E-state index in [1.54, 1.807) is 0 Å². The predicted molar refractivity (Wildman–Crippen MR) is 542 cm³/mol. The van der Waals surface area contributed by atoms with E-state index >= 15 is 0 Å². The number of rotatable bonds is 13. The van der Waals surface area contributed by atoms with Gasteiger partial charge in [0.05, 0.1) is 38.6 Å². The minimum absolute atomic E-state index is 0.477. The normalized spacial score (nSPS) is 13.0. The number of aromatic nitrogens is 2. The van der Waals surface area contributed by atoms with Gasteiger partial charge in [-0.15, -0.1) is 0 Å². The topological polar surface area (TPSA) is 16.3 Å². The van der Waals surface area contributed by atoms with Crippen LogP contribution < -0.4 is 9.80 Å². The van der Waals surface area contributed by atoms with Crippen LogP contribution in [0, 0.1) is 0 Å². The lowest BCUT2D eigenvalue weighted by Crippen LogP contribution is -2.26. The Morgan fingerprint density at radius 1 is 0.154 bits per heavy atom. The van der Waals surface area contributed by atoms with E-state index in [1.165, 1.54) is 155 Å². The number of benzene rings is 21. The fraction of sp³-hybridized carbons (Fsp3) is 0.0159. The third-order valence-corrected chi connectivity index (χ3v) is 28.7. The van der Waals surface area contributed by atoms with Crippen LogP contribution in [0.3, 0.4) is 0 Å². The standard InChI is InChI=1S/C126H80N4/c1-2-29-92(30-3-1)129-121-48-20-12-40-108(121)110-77-90(63-73-123(110)129)85-55-51-83(52-56-85)88-27-22-31-95(75-88)127(97-69-71-106-104-38-10-18-46-116(104)125(118(106)79-97)112-42-14-6-34-100(112)101-35-7-15-43-113(101)125)93-65-59-81(60-66-93)82-61-67-94(68-62-82)130-122-49-21-13-41-109(122)111-78-91(64-74-124(111)130)86-57-53-84(54-58-86)89-28-23-32-96(76-89)128(120-50-24-26-87-25-4-5-33-99(87)120)98-70-72-107-105-39-11-19-47-117(105)126(119(107)80-98)114-44-16-8-36-102(114)103-37-9-17-45-115(103)126/h1-80H.